The number of benzene rings is 1. The molecule has 1 saturated heterocycles. The van der Waals surface area contributed by atoms with Gasteiger partial charge in [0.25, 0.3) is 5.69 Å². The largest absolute Gasteiger partial charge is 0.381 e. The van der Waals surface area contributed by atoms with E-state index in [0.29, 0.717) is 26.1 Å². The Bertz CT molecular complexity index is 638. The lowest BCUT2D eigenvalue weighted by Gasteiger charge is -2.42. The number of hydrogen-bond donors (Lipinski definition) is 1. The van der Waals surface area contributed by atoms with E-state index in [1.807, 2.05) is 0 Å². The van der Waals surface area contributed by atoms with Crippen LogP contribution in [0.3, 0.4) is 0 Å². The molecule has 122 valence electrons. The number of non-ortho nitro benzene ring substituents is 1. The van der Waals surface area contributed by atoms with Crippen molar-refractivity contribution in [3.63, 3.8) is 0 Å². The number of rotatable bonds is 5. The molecule has 22 heavy (non-hydrogen) atoms. The Morgan fingerprint density at radius 3 is 2.32 bits per heavy atom. The molecule has 1 aliphatic heterocycles. The summed E-state index contributed by atoms with van der Waals surface area (Å²) >= 11 is 0. The molecule has 1 aliphatic rings. The summed E-state index contributed by atoms with van der Waals surface area (Å²) in [6.07, 6.45) is 1.04. The van der Waals surface area contributed by atoms with Crippen LogP contribution in [-0.4, -0.2) is 50.0 Å². The van der Waals surface area contributed by atoms with Gasteiger partial charge in [0.15, 0.2) is 0 Å². The average Bonchev–Trinajstić information content (AvgIpc) is 2.54. The van der Waals surface area contributed by atoms with Crippen molar-refractivity contribution in [2.75, 3.05) is 26.8 Å². The second kappa shape index (κ2) is 6.29. The Hall–Kier alpha value is -1.55. The maximum absolute atomic E-state index is 12.7. The minimum absolute atomic E-state index is 0.0138. The standard InChI is InChI=1S/C13H19N3O5S/c1-15(13(10-14)6-8-21-9-7-13)22(19,20)12-4-2-11(3-5-12)16(17)18/h2-5H,6-10,14H2,1H3. The molecule has 2 N–H and O–H groups in total. The number of ether oxygens (including phenoxy) is 1. The van der Waals surface area contributed by atoms with E-state index in [2.05, 4.69) is 0 Å². The van der Waals surface area contributed by atoms with Gasteiger partial charge in [0, 0.05) is 38.9 Å². The fraction of sp³-hybridized carbons (Fsp3) is 0.538. The van der Waals surface area contributed by atoms with Crippen LogP contribution < -0.4 is 5.73 Å². The van der Waals surface area contributed by atoms with Gasteiger partial charge in [-0.3, -0.25) is 10.1 Å². The second-order valence-corrected chi connectivity index (χ2v) is 7.23. The van der Waals surface area contributed by atoms with Gasteiger partial charge in [-0.2, -0.15) is 4.31 Å². The first-order valence-electron chi connectivity index (χ1n) is 6.85. The molecule has 0 amide bonds. The van der Waals surface area contributed by atoms with E-state index in [4.69, 9.17) is 10.5 Å². The van der Waals surface area contributed by atoms with Gasteiger partial charge < -0.3 is 10.5 Å². The molecule has 0 unspecified atom stereocenters. The minimum Gasteiger partial charge on any atom is -0.381 e. The number of nitrogens with two attached hydrogens (primary N) is 1. The number of nitro benzene ring substituents is 1. The SMILES string of the molecule is CN(C1(CN)CCOCC1)S(=O)(=O)c1ccc([N+](=O)[O-])cc1. The first kappa shape index (κ1) is 16.8. The minimum atomic E-state index is -3.78. The molecule has 0 radical (unpaired) electrons. The van der Waals surface area contributed by atoms with Gasteiger partial charge >= 0.3 is 0 Å². The normalized spacial score (nSPS) is 18.3. The van der Waals surface area contributed by atoms with Crippen molar-refractivity contribution in [2.24, 2.45) is 5.73 Å². The number of likely N-dealkylation sites (N-methyl/N-ethyl adjacent to an activating group) is 1. The van der Waals surface area contributed by atoms with Crippen LogP contribution in [0.1, 0.15) is 12.8 Å². The number of nitro groups is 1. The van der Waals surface area contributed by atoms with Crippen LogP contribution in [0.15, 0.2) is 29.2 Å². The van der Waals surface area contributed by atoms with E-state index in [1.54, 1.807) is 0 Å². The Balaban J connectivity index is 2.33. The van der Waals surface area contributed by atoms with E-state index in [-0.39, 0.29) is 17.1 Å². The molecule has 9 heteroatoms. The predicted octanol–water partition coefficient (Wildman–Crippen LogP) is 0.723. The van der Waals surface area contributed by atoms with Crippen LogP contribution in [0.4, 0.5) is 5.69 Å². The second-order valence-electron chi connectivity index (χ2n) is 5.26. The van der Waals surface area contributed by atoms with Crippen LogP contribution >= 0.6 is 0 Å². The van der Waals surface area contributed by atoms with Gasteiger partial charge in [0.1, 0.15) is 0 Å². The van der Waals surface area contributed by atoms with E-state index in [1.165, 1.54) is 35.6 Å². The highest BCUT2D eigenvalue weighted by Gasteiger charge is 2.41. The molecular formula is C13H19N3O5S. The van der Waals surface area contributed by atoms with Gasteiger partial charge in [-0.05, 0) is 25.0 Å². The van der Waals surface area contributed by atoms with Crippen LogP contribution in [0, 0.1) is 10.1 Å². The molecule has 1 heterocycles. The zero-order chi connectivity index (χ0) is 16.4. The van der Waals surface area contributed by atoms with Crippen molar-refractivity contribution >= 4 is 15.7 Å². The van der Waals surface area contributed by atoms with Gasteiger partial charge in [-0.1, -0.05) is 0 Å². The fourth-order valence-corrected chi connectivity index (χ4v) is 4.12. The summed E-state index contributed by atoms with van der Waals surface area (Å²) in [4.78, 5) is 10.1. The molecule has 0 aromatic heterocycles. The molecular weight excluding hydrogens is 310 g/mol. The highest BCUT2D eigenvalue weighted by atomic mass is 32.2. The maximum atomic E-state index is 12.7. The molecule has 0 atom stereocenters. The van der Waals surface area contributed by atoms with Crippen molar-refractivity contribution in [2.45, 2.75) is 23.3 Å². The average molecular weight is 329 g/mol. The van der Waals surface area contributed by atoms with Gasteiger partial charge in [0.2, 0.25) is 10.0 Å². The highest BCUT2D eigenvalue weighted by Crippen LogP contribution is 2.31. The van der Waals surface area contributed by atoms with Crippen LogP contribution in [0.25, 0.3) is 0 Å². The van der Waals surface area contributed by atoms with Crippen LogP contribution in [0.2, 0.25) is 0 Å². The lowest BCUT2D eigenvalue weighted by Crippen LogP contribution is -2.57. The Morgan fingerprint density at radius 2 is 1.86 bits per heavy atom. The van der Waals surface area contributed by atoms with E-state index < -0.39 is 20.5 Å². The first-order valence-corrected chi connectivity index (χ1v) is 8.29. The molecule has 0 saturated carbocycles. The monoisotopic (exact) mass is 329 g/mol. The van der Waals surface area contributed by atoms with E-state index in [9.17, 15) is 18.5 Å². The fourth-order valence-electron chi connectivity index (χ4n) is 2.55. The molecule has 0 bridgehead atoms. The van der Waals surface area contributed by atoms with Gasteiger partial charge in [-0.25, -0.2) is 8.42 Å². The van der Waals surface area contributed by atoms with E-state index in [0.717, 1.165) is 0 Å². The molecule has 8 nitrogen and oxygen atoms in total. The zero-order valence-corrected chi connectivity index (χ0v) is 13.1. The van der Waals surface area contributed by atoms with Crippen molar-refractivity contribution in [1.82, 2.24) is 4.31 Å². The predicted molar refractivity (Wildman–Crippen MR) is 79.9 cm³/mol. The molecule has 0 aliphatic carbocycles. The lowest BCUT2D eigenvalue weighted by molar-refractivity contribution is -0.384. The summed E-state index contributed by atoms with van der Waals surface area (Å²) in [5, 5.41) is 10.7. The number of hydrogen-bond acceptors (Lipinski definition) is 6. The summed E-state index contributed by atoms with van der Waals surface area (Å²) < 4.78 is 32.0. The molecule has 1 aromatic rings. The Kier molecular flexibility index (Phi) is 4.81. The quantitative estimate of drug-likeness (QED) is 0.628. The highest BCUT2D eigenvalue weighted by molar-refractivity contribution is 7.89. The summed E-state index contributed by atoms with van der Waals surface area (Å²) in [6, 6.07) is 4.85. The molecule has 1 fully saturated rings. The third-order valence-corrected chi connectivity index (χ3v) is 6.15. The lowest BCUT2D eigenvalue weighted by atomic mass is 9.90. The summed E-state index contributed by atoms with van der Waals surface area (Å²) in [5.74, 6) is 0. The van der Waals surface area contributed by atoms with Gasteiger partial charge in [-0.15, -0.1) is 0 Å². The smallest absolute Gasteiger partial charge is 0.269 e. The van der Waals surface area contributed by atoms with Crippen molar-refractivity contribution in [3.8, 4) is 0 Å². The number of sulfonamides is 1. The third kappa shape index (κ3) is 2.98. The maximum Gasteiger partial charge on any atom is 0.269 e. The van der Waals surface area contributed by atoms with Crippen LogP contribution in [0.5, 0.6) is 0 Å². The van der Waals surface area contributed by atoms with Gasteiger partial charge in [0.05, 0.1) is 15.4 Å². The summed E-state index contributed by atoms with van der Waals surface area (Å²) in [6.45, 7) is 1.10. The Morgan fingerprint density at radius 1 is 1.32 bits per heavy atom. The van der Waals surface area contributed by atoms with Crippen LogP contribution in [-0.2, 0) is 14.8 Å². The summed E-state index contributed by atoms with van der Waals surface area (Å²) in [7, 11) is -2.28. The number of nitrogens with zero attached hydrogens (tertiary/aromatic N) is 2. The topological polar surface area (TPSA) is 116 Å². The third-order valence-electron chi connectivity index (χ3n) is 4.18. The van der Waals surface area contributed by atoms with E-state index >= 15 is 0 Å². The zero-order valence-electron chi connectivity index (χ0n) is 12.3. The molecule has 2 rings (SSSR count). The summed E-state index contributed by atoms with van der Waals surface area (Å²) in [5.41, 5.74) is 4.99. The van der Waals surface area contributed by atoms with Crippen molar-refractivity contribution < 1.29 is 18.1 Å². The molecule has 1 aromatic carbocycles. The Labute approximate surface area is 129 Å². The van der Waals surface area contributed by atoms with Crippen molar-refractivity contribution in [1.29, 1.82) is 0 Å². The van der Waals surface area contributed by atoms with Crippen molar-refractivity contribution in [3.05, 3.63) is 34.4 Å². The molecule has 0 spiro atoms. The first-order chi connectivity index (χ1) is 10.3.